The Bertz CT molecular complexity index is 289. The van der Waals surface area contributed by atoms with Crippen LogP contribution in [-0.2, 0) is 0 Å². The van der Waals surface area contributed by atoms with Crippen molar-refractivity contribution >= 4 is 0 Å². The first-order valence-corrected chi connectivity index (χ1v) is 5.38. The lowest BCUT2D eigenvalue weighted by atomic mass is 10.1. The van der Waals surface area contributed by atoms with Gasteiger partial charge in [-0.3, -0.25) is 0 Å². The number of aryl methyl sites for hydroxylation is 1. The number of imidazole rings is 1. The maximum absolute atomic E-state index is 5.99. The number of rotatable bonds is 4. The van der Waals surface area contributed by atoms with E-state index in [1.807, 2.05) is 0 Å². The normalized spacial score (nSPS) is 13.6. The molecule has 0 aliphatic carbocycles. The van der Waals surface area contributed by atoms with E-state index < -0.39 is 0 Å². The minimum atomic E-state index is 0.0613. The molecule has 1 unspecified atom stereocenters. The molecule has 0 aliphatic heterocycles. The van der Waals surface area contributed by atoms with Gasteiger partial charge in [0.25, 0.3) is 0 Å². The Balaban J connectivity index is 2.85. The second kappa shape index (κ2) is 4.60. The van der Waals surface area contributed by atoms with Crippen LogP contribution in [0.25, 0.3) is 0 Å². The monoisotopic (exact) mass is 195 g/mol. The van der Waals surface area contributed by atoms with E-state index in [4.69, 9.17) is 5.73 Å². The Kier molecular flexibility index (Phi) is 3.69. The molecule has 0 radical (unpaired) electrons. The van der Waals surface area contributed by atoms with E-state index in [0.29, 0.717) is 5.92 Å². The van der Waals surface area contributed by atoms with Crippen LogP contribution >= 0.6 is 0 Å². The van der Waals surface area contributed by atoms with Crippen LogP contribution < -0.4 is 5.73 Å². The summed E-state index contributed by atoms with van der Waals surface area (Å²) in [4.78, 5) is 7.82. The Hall–Kier alpha value is -0.830. The number of nitrogens with two attached hydrogens (primary N) is 1. The highest BCUT2D eigenvalue weighted by atomic mass is 15.0. The number of hydrogen-bond donors (Lipinski definition) is 2. The molecule has 0 aliphatic rings. The molecule has 1 heterocycles. The minimum Gasteiger partial charge on any atom is -0.345 e. The van der Waals surface area contributed by atoms with E-state index in [9.17, 15) is 0 Å². The van der Waals surface area contributed by atoms with Crippen molar-refractivity contribution in [3.8, 4) is 0 Å². The Morgan fingerprint density at radius 1 is 1.43 bits per heavy atom. The molecule has 1 atom stereocenters. The van der Waals surface area contributed by atoms with E-state index in [2.05, 4.69) is 37.7 Å². The zero-order valence-electron chi connectivity index (χ0n) is 9.59. The molecule has 1 rings (SSSR count). The van der Waals surface area contributed by atoms with Gasteiger partial charge >= 0.3 is 0 Å². The van der Waals surface area contributed by atoms with Crippen LogP contribution in [0.1, 0.15) is 62.8 Å². The Morgan fingerprint density at radius 2 is 2.07 bits per heavy atom. The molecule has 3 heteroatoms. The van der Waals surface area contributed by atoms with E-state index >= 15 is 0 Å². The Labute approximate surface area is 86.1 Å². The van der Waals surface area contributed by atoms with Gasteiger partial charge in [-0.05, 0) is 19.3 Å². The molecule has 3 nitrogen and oxygen atoms in total. The quantitative estimate of drug-likeness (QED) is 0.776. The van der Waals surface area contributed by atoms with Crippen LogP contribution in [0.3, 0.4) is 0 Å². The third-order valence-electron chi connectivity index (χ3n) is 2.44. The summed E-state index contributed by atoms with van der Waals surface area (Å²) in [6, 6.07) is 0.0613. The zero-order valence-corrected chi connectivity index (χ0v) is 9.59. The van der Waals surface area contributed by atoms with E-state index in [1.54, 1.807) is 0 Å². The van der Waals surface area contributed by atoms with Gasteiger partial charge in [-0.15, -0.1) is 0 Å². The summed E-state index contributed by atoms with van der Waals surface area (Å²) in [5, 5.41) is 0. The van der Waals surface area contributed by atoms with Gasteiger partial charge in [0, 0.05) is 5.69 Å². The summed E-state index contributed by atoms with van der Waals surface area (Å²) >= 11 is 0. The standard InChI is InChI=1S/C11H21N3/c1-5-6-9(12)11-13-8(4)10(14-11)7(2)3/h7,9H,5-6,12H2,1-4H3,(H,13,14). The summed E-state index contributed by atoms with van der Waals surface area (Å²) in [5.74, 6) is 1.40. The molecule has 1 aromatic rings. The van der Waals surface area contributed by atoms with Crippen molar-refractivity contribution in [2.45, 2.75) is 52.5 Å². The zero-order chi connectivity index (χ0) is 10.7. The fraction of sp³-hybridized carbons (Fsp3) is 0.727. The molecule has 0 bridgehead atoms. The topological polar surface area (TPSA) is 54.7 Å². The number of H-pyrrole nitrogens is 1. The number of hydrogen-bond acceptors (Lipinski definition) is 2. The average Bonchev–Trinajstić information content (AvgIpc) is 2.48. The molecule has 14 heavy (non-hydrogen) atoms. The van der Waals surface area contributed by atoms with E-state index in [-0.39, 0.29) is 6.04 Å². The van der Waals surface area contributed by atoms with Crippen molar-refractivity contribution in [1.82, 2.24) is 9.97 Å². The summed E-state index contributed by atoms with van der Waals surface area (Å²) in [5.41, 5.74) is 8.29. The van der Waals surface area contributed by atoms with Crippen molar-refractivity contribution in [3.63, 3.8) is 0 Å². The fourth-order valence-electron chi connectivity index (χ4n) is 1.68. The molecular weight excluding hydrogens is 174 g/mol. The summed E-state index contributed by atoms with van der Waals surface area (Å²) < 4.78 is 0. The highest BCUT2D eigenvalue weighted by molar-refractivity contribution is 5.17. The Morgan fingerprint density at radius 3 is 2.50 bits per heavy atom. The lowest BCUT2D eigenvalue weighted by Crippen LogP contribution is -2.11. The lowest BCUT2D eigenvalue weighted by Gasteiger charge is -2.05. The molecular formula is C11H21N3. The van der Waals surface area contributed by atoms with Crippen molar-refractivity contribution in [2.24, 2.45) is 5.73 Å². The predicted molar refractivity (Wildman–Crippen MR) is 59.3 cm³/mol. The van der Waals surface area contributed by atoms with Crippen LogP contribution in [0.2, 0.25) is 0 Å². The molecule has 0 saturated carbocycles. The van der Waals surface area contributed by atoms with Gasteiger partial charge < -0.3 is 10.7 Å². The van der Waals surface area contributed by atoms with E-state index in [0.717, 1.165) is 30.1 Å². The van der Waals surface area contributed by atoms with Crippen LogP contribution in [0.5, 0.6) is 0 Å². The summed E-state index contributed by atoms with van der Waals surface area (Å²) in [7, 11) is 0. The number of aromatic nitrogens is 2. The predicted octanol–water partition coefficient (Wildman–Crippen LogP) is 2.64. The first-order valence-electron chi connectivity index (χ1n) is 5.38. The first-order chi connectivity index (χ1) is 6.56. The second-order valence-corrected chi connectivity index (χ2v) is 4.18. The van der Waals surface area contributed by atoms with Gasteiger partial charge in [-0.25, -0.2) is 4.98 Å². The smallest absolute Gasteiger partial charge is 0.123 e. The van der Waals surface area contributed by atoms with Crippen LogP contribution in [0, 0.1) is 6.92 Å². The number of nitrogens with zero attached hydrogens (tertiary/aromatic N) is 1. The highest BCUT2D eigenvalue weighted by Gasteiger charge is 2.14. The SMILES string of the molecule is CCCC(N)c1nc(C(C)C)c(C)[nH]1. The molecule has 80 valence electrons. The molecule has 0 fully saturated rings. The van der Waals surface area contributed by atoms with Crippen LogP contribution in [-0.4, -0.2) is 9.97 Å². The van der Waals surface area contributed by atoms with Crippen molar-refractivity contribution in [1.29, 1.82) is 0 Å². The fourth-order valence-corrected chi connectivity index (χ4v) is 1.68. The highest BCUT2D eigenvalue weighted by Crippen LogP contribution is 2.20. The van der Waals surface area contributed by atoms with Gasteiger partial charge in [-0.2, -0.15) is 0 Å². The largest absolute Gasteiger partial charge is 0.345 e. The van der Waals surface area contributed by atoms with Crippen LogP contribution in [0.15, 0.2) is 0 Å². The maximum Gasteiger partial charge on any atom is 0.123 e. The summed E-state index contributed by atoms with van der Waals surface area (Å²) in [6.45, 7) is 8.50. The maximum atomic E-state index is 5.99. The van der Waals surface area contributed by atoms with Crippen molar-refractivity contribution < 1.29 is 0 Å². The molecule has 0 spiro atoms. The van der Waals surface area contributed by atoms with Gasteiger partial charge in [-0.1, -0.05) is 27.2 Å². The van der Waals surface area contributed by atoms with E-state index in [1.165, 1.54) is 0 Å². The molecule has 1 aromatic heterocycles. The van der Waals surface area contributed by atoms with Gasteiger partial charge in [0.1, 0.15) is 5.82 Å². The van der Waals surface area contributed by atoms with Gasteiger partial charge in [0.15, 0.2) is 0 Å². The number of aromatic amines is 1. The minimum absolute atomic E-state index is 0.0613. The third-order valence-corrected chi connectivity index (χ3v) is 2.44. The molecule has 0 aromatic carbocycles. The lowest BCUT2D eigenvalue weighted by molar-refractivity contribution is 0.605. The number of nitrogens with one attached hydrogen (secondary N) is 1. The molecule has 0 amide bonds. The molecule has 0 saturated heterocycles. The first kappa shape index (κ1) is 11.2. The second-order valence-electron chi connectivity index (χ2n) is 4.18. The van der Waals surface area contributed by atoms with Crippen molar-refractivity contribution in [2.75, 3.05) is 0 Å². The van der Waals surface area contributed by atoms with Gasteiger partial charge in [0.05, 0.1) is 11.7 Å². The van der Waals surface area contributed by atoms with Crippen LogP contribution in [0.4, 0.5) is 0 Å². The van der Waals surface area contributed by atoms with Crippen molar-refractivity contribution in [3.05, 3.63) is 17.2 Å². The third kappa shape index (κ3) is 2.35. The molecule has 3 N–H and O–H groups in total. The van der Waals surface area contributed by atoms with Gasteiger partial charge in [0.2, 0.25) is 0 Å². The average molecular weight is 195 g/mol. The summed E-state index contributed by atoms with van der Waals surface area (Å²) in [6.07, 6.45) is 2.09.